The van der Waals surface area contributed by atoms with E-state index < -0.39 is 0 Å². The Morgan fingerprint density at radius 1 is 1.40 bits per heavy atom. The maximum atomic E-state index is 11.8. The highest BCUT2D eigenvalue weighted by atomic mass is 16.2. The van der Waals surface area contributed by atoms with Crippen molar-refractivity contribution in [1.82, 2.24) is 20.0 Å². The third-order valence-electron chi connectivity index (χ3n) is 2.58. The molecule has 2 heterocycles. The summed E-state index contributed by atoms with van der Waals surface area (Å²) in [5.74, 6) is 0.229. The standard InChI is InChI=1S/C10H16N4O/c15-10(13-8-4-11-5-9-13)2-7-14-6-1-3-12-14/h1,3,6,11H,2,4-5,7-9H2. The van der Waals surface area contributed by atoms with E-state index >= 15 is 0 Å². The first-order valence-corrected chi connectivity index (χ1v) is 5.32. The number of aryl methyl sites for hydroxylation is 1. The minimum absolute atomic E-state index is 0.229. The highest BCUT2D eigenvalue weighted by Gasteiger charge is 2.15. The van der Waals surface area contributed by atoms with E-state index in [9.17, 15) is 4.79 Å². The maximum absolute atomic E-state index is 11.8. The molecule has 1 aromatic heterocycles. The molecule has 1 N–H and O–H groups in total. The number of nitrogens with one attached hydrogen (secondary N) is 1. The summed E-state index contributed by atoms with van der Waals surface area (Å²) in [5, 5.41) is 7.29. The van der Waals surface area contributed by atoms with Crippen LogP contribution < -0.4 is 5.32 Å². The maximum Gasteiger partial charge on any atom is 0.224 e. The lowest BCUT2D eigenvalue weighted by molar-refractivity contribution is -0.132. The molecule has 0 spiro atoms. The molecule has 1 amide bonds. The van der Waals surface area contributed by atoms with E-state index in [1.165, 1.54) is 0 Å². The topological polar surface area (TPSA) is 50.2 Å². The summed E-state index contributed by atoms with van der Waals surface area (Å²) < 4.78 is 1.79. The van der Waals surface area contributed by atoms with Crippen molar-refractivity contribution in [1.29, 1.82) is 0 Å². The van der Waals surface area contributed by atoms with Gasteiger partial charge in [-0.3, -0.25) is 9.48 Å². The smallest absolute Gasteiger partial charge is 0.224 e. The van der Waals surface area contributed by atoms with Gasteiger partial charge in [0.15, 0.2) is 0 Å². The fourth-order valence-corrected chi connectivity index (χ4v) is 1.72. The van der Waals surface area contributed by atoms with E-state index in [2.05, 4.69) is 10.4 Å². The quantitative estimate of drug-likeness (QED) is 0.742. The molecule has 5 nitrogen and oxygen atoms in total. The second kappa shape index (κ2) is 4.93. The number of carbonyl (C=O) groups is 1. The van der Waals surface area contributed by atoms with E-state index in [4.69, 9.17) is 0 Å². The number of carbonyl (C=O) groups excluding carboxylic acids is 1. The van der Waals surface area contributed by atoms with Crippen LogP contribution in [0.5, 0.6) is 0 Å². The fraction of sp³-hybridized carbons (Fsp3) is 0.600. The molecule has 82 valence electrons. The Labute approximate surface area is 89.1 Å². The van der Waals surface area contributed by atoms with Gasteiger partial charge in [-0.2, -0.15) is 5.10 Å². The van der Waals surface area contributed by atoms with Gasteiger partial charge in [0, 0.05) is 51.5 Å². The van der Waals surface area contributed by atoms with Crippen molar-refractivity contribution in [2.24, 2.45) is 0 Å². The van der Waals surface area contributed by atoms with Crippen LogP contribution in [-0.4, -0.2) is 46.8 Å². The van der Waals surface area contributed by atoms with Gasteiger partial charge in [-0.15, -0.1) is 0 Å². The Bertz CT molecular complexity index is 303. The van der Waals surface area contributed by atoms with Crippen LogP contribution in [0.15, 0.2) is 18.5 Å². The van der Waals surface area contributed by atoms with Gasteiger partial charge in [-0.05, 0) is 6.07 Å². The van der Waals surface area contributed by atoms with Gasteiger partial charge in [0.2, 0.25) is 5.91 Å². The lowest BCUT2D eigenvalue weighted by atomic mass is 10.3. The number of hydrogen-bond acceptors (Lipinski definition) is 3. The molecular weight excluding hydrogens is 192 g/mol. The number of rotatable bonds is 3. The lowest BCUT2D eigenvalue weighted by Crippen LogP contribution is -2.46. The number of amides is 1. The van der Waals surface area contributed by atoms with E-state index in [0.717, 1.165) is 26.2 Å². The van der Waals surface area contributed by atoms with Crippen molar-refractivity contribution in [2.75, 3.05) is 26.2 Å². The van der Waals surface area contributed by atoms with E-state index in [1.807, 2.05) is 17.2 Å². The number of aromatic nitrogens is 2. The average molecular weight is 208 g/mol. The Hall–Kier alpha value is -1.36. The summed E-state index contributed by atoms with van der Waals surface area (Å²) in [6.45, 7) is 4.16. The zero-order valence-electron chi connectivity index (χ0n) is 8.72. The molecule has 0 aliphatic carbocycles. The molecule has 0 aromatic carbocycles. The van der Waals surface area contributed by atoms with Crippen LogP contribution in [0, 0.1) is 0 Å². The van der Waals surface area contributed by atoms with Crippen LogP contribution in [0.1, 0.15) is 6.42 Å². The first kappa shape index (κ1) is 10.2. The van der Waals surface area contributed by atoms with Crippen molar-refractivity contribution >= 4 is 5.91 Å². The van der Waals surface area contributed by atoms with Crippen LogP contribution >= 0.6 is 0 Å². The molecule has 1 aromatic rings. The molecule has 0 radical (unpaired) electrons. The highest BCUT2D eigenvalue weighted by Crippen LogP contribution is 1.98. The van der Waals surface area contributed by atoms with Crippen molar-refractivity contribution in [2.45, 2.75) is 13.0 Å². The first-order chi connectivity index (χ1) is 7.36. The zero-order valence-corrected chi connectivity index (χ0v) is 8.72. The second-order valence-electron chi connectivity index (χ2n) is 3.65. The van der Waals surface area contributed by atoms with Crippen LogP contribution in [-0.2, 0) is 11.3 Å². The SMILES string of the molecule is O=C(CCn1cccn1)N1CCNCC1. The summed E-state index contributed by atoms with van der Waals surface area (Å²) in [7, 11) is 0. The van der Waals surface area contributed by atoms with Crippen molar-refractivity contribution in [3.05, 3.63) is 18.5 Å². The molecule has 0 saturated carbocycles. The zero-order chi connectivity index (χ0) is 10.5. The molecule has 1 fully saturated rings. The van der Waals surface area contributed by atoms with Crippen LogP contribution in [0.4, 0.5) is 0 Å². The van der Waals surface area contributed by atoms with E-state index in [-0.39, 0.29) is 5.91 Å². The van der Waals surface area contributed by atoms with E-state index in [1.54, 1.807) is 10.9 Å². The van der Waals surface area contributed by atoms with Gasteiger partial charge in [-0.1, -0.05) is 0 Å². The molecule has 0 bridgehead atoms. The molecule has 1 aliphatic heterocycles. The number of hydrogen-bond donors (Lipinski definition) is 1. The summed E-state index contributed by atoms with van der Waals surface area (Å²) in [4.78, 5) is 13.7. The summed E-state index contributed by atoms with van der Waals surface area (Å²) in [5.41, 5.74) is 0. The van der Waals surface area contributed by atoms with Gasteiger partial charge in [-0.25, -0.2) is 0 Å². The van der Waals surface area contributed by atoms with Gasteiger partial charge in [0.05, 0.1) is 0 Å². The van der Waals surface area contributed by atoms with Gasteiger partial charge < -0.3 is 10.2 Å². The molecule has 15 heavy (non-hydrogen) atoms. The Kier molecular flexibility index (Phi) is 3.34. The molecule has 1 saturated heterocycles. The van der Waals surface area contributed by atoms with Crippen LogP contribution in [0.3, 0.4) is 0 Å². The molecule has 1 aliphatic rings. The predicted octanol–water partition coefficient (Wildman–Crippen LogP) is -0.295. The fourth-order valence-electron chi connectivity index (χ4n) is 1.72. The molecule has 5 heteroatoms. The molecule has 0 atom stereocenters. The third kappa shape index (κ3) is 2.79. The Morgan fingerprint density at radius 2 is 2.20 bits per heavy atom. The van der Waals surface area contributed by atoms with Crippen LogP contribution in [0.25, 0.3) is 0 Å². The van der Waals surface area contributed by atoms with Crippen LogP contribution in [0.2, 0.25) is 0 Å². The van der Waals surface area contributed by atoms with Crippen molar-refractivity contribution in [3.63, 3.8) is 0 Å². The Balaban J connectivity index is 1.76. The van der Waals surface area contributed by atoms with Gasteiger partial charge in [0.1, 0.15) is 0 Å². The summed E-state index contributed by atoms with van der Waals surface area (Å²) >= 11 is 0. The van der Waals surface area contributed by atoms with Crippen molar-refractivity contribution in [3.8, 4) is 0 Å². The summed E-state index contributed by atoms with van der Waals surface area (Å²) in [6.07, 6.45) is 4.15. The largest absolute Gasteiger partial charge is 0.340 e. The van der Waals surface area contributed by atoms with E-state index in [0.29, 0.717) is 13.0 Å². The molecule has 2 rings (SSSR count). The lowest BCUT2D eigenvalue weighted by Gasteiger charge is -2.27. The minimum atomic E-state index is 0.229. The first-order valence-electron chi connectivity index (χ1n) is 5.32. The normalized spacial score (nSPS) is 16.7. The average Bonchev–Trinajstić information content (AvgIpc) is 2.80. The monoisotopic (exact) mass is 208 g/mol. The van der Waals surface area contributed by atoms with Gasteiger partial charge >= 0.3 is 0 Å². The molecular formula is C10H16N4O. The number of piperazine rings is 1. The second-order valence-corrected chi connectivity index (χ2v) is 3.65. The van der Waals surface area contributed by atoms with Crippen molar-refractivity contribution < 1.29 is 4.79 Å². The minimum Gasteiger partial charge on any atom is -0.340 e. The van der Waals surface area contributed by atoms with Gasteiger partial charge in [0.25, 0.3) is 0 Å². The molecule has 0 unspecified atom stereocenters. The highest BCUT2D eigenvalue weighted by molar-refractivity contribution is 5.76. The Morgan fingerprint density at radius 3 is 2.87 bits per heavy atom. The predicted molar refractivity (Wildman–Crippen MR) is 56.3 cm³/mol. The number of nitrogens with zero attached hydrogens (tertiary/aromatic N) is 3. The third-order valence-corrected chi connectivity index (χ3v) is 2.58. The summed E-state index contributed by atoms with van der Waals surface area (Å²) in [6, 6.07) is 1.87.